The number of nitrogens with zero attached hydrogens (tertiary/aromatic N) is 1. The van der Waals surface area contributed by atoms with Crippen LogP contribution >= 0.6 is 11.6 Å². The van der Waals surface area contributed by atoms with E-state index in [1.807, 2.05) is 19.9 Å². The lowest BCUT2D eigenvalue weighted by molar-refractivity contribution is 0.0831. The van der Waals surface area contributed by atoms with Crippen molar-refractivity contribution in [3.05, 3.63) is 70.2 Å². The number of benzene rings is 2. The Morgan fingerprint density at radius 2 is 1.54 bits per heavy atom. The van der Waals surface area contributed by atoms with Gasteiger partial charge in [-0.25, -0.2) is 0 Å². The van der Waals surface area contributed by atoms with Gasteiger partial charge in [0.25, 0.3) is 5.91 Å². The van der Waals surface area contributed by atoms with E-state index in [9.17, 15) is 9.59 Å². The predicted molar refractivity (Wildman–Crippen MR) is 93.0 cm³/mol. The van der Waals surface area contributed by atoms with E-state index in [1.54, 1.807) is 48.5 Å². The maximum atomic E-state index is 12.7. The molecular weight excluding hydrogens is 324 g/mol. The van der Waals surface area contributed by atoms with Gasteiger partial charge in [-0.2, -0.15) is 5.26 Å². The fraction of sp³-hybridized carbons (Fsp3) is 0.211. The highest BCUT2D eigenvalue weighted by Gasteiger charge is 2.25. The molecule has 1 unspecified atom stereocenters. The molecule has 1 N–H and O–H groups in total. The molecule has 5 heteroatoms. The molecule has 0 aliphatic rings. The van der Waals surface area contributed by atoms with Crippen molar-refractivity contribution in [1.29, 1.82) is 5.26 Å². The summed E-state index contributed by atoms with van der Waals surface area (Å²) in [7, 11) is 0. The normalized spacial score (nSPS) is 11.6. The van der Waals surface area contributed by atoms with Crippen molar-refractivity contribution in [3.8, 4) is 6.07 Å². The molecule has 2 aromatic carbocycles. The smallest absolute Gasteiger partial charge is 0.251 e. The summed E-state index contributed by atoms with van der Waals surface area (Å²) in [6.45, 7) is 3.75. The lowest BCUT2D eigenvalue weighted by Gasteiger charge is -2.21. The van der Waals surface area contributed by atoms with E-state index in [-0.39, 0.29) is 17.6 Å². The van der Waals surface area contributed by atoms with Crippen molar-refractivity contribution < 1.29 is 9.59 Å². The van der Waals surface area contributed by atoms with Crippen molar-refractivity contribution in [2.24, 2.45) is 5.92 Å². The van der Waals surface area contributed by atoms with Gasteiger partial charge in [0, 0.05) is 16.1 Å². The number of carbonyl (C=O) groups is 2. The zero-order valence-electron chi connectivity index (χ0n) is 13.4. The maximum Gasteiger partial charge on any atom is 0.251 e. The Labute approximate surface area is 146 Å². The lowest BCUT2D eigenvalue weighted by Crippen LogP contribution is -2.44. The van der Waals surface area contributed by atoms with Crippen molar-refractivity contribution >= 4 is 23.3 Å². The van der Waals surface area contributed by atoms with Crippen LogP contribution in [-0.4, -0.2) is 17.7 Å². The highest BCUT2D eigenvalue weighted by molar-refractivity contribution is 6.30. The largest absolute Gasteiger partial charge is 0.342 e. The van der Waals surface area contributed by atoms with Crippen LogP contribution in [-0.2, 0) is 0 Å². The first-order chi connectivity index (χ1) is 11.4. The van der Waals surface area contributed by atoms with Crippen LogP contribution in [0.25, 0.3) is 0 Å². The Bertz CT molecular complexity index is 775. The summed E-state index contributed by atoms with van der Waals surface area (Å²) < 4.78 is 0. The molecule has 0 saturated heterocycles. The van der Waals surface area contributed by atoms with E-state index in [2.05, 4.69) is 5.32 Å². The molecule has 0 radical (unpaired) electrons. The van der Waals surface area contributed by atoms with Crippen LogP contribution in [0.15, 0.2) is 48.5 Å². The number of ketones is 1. The van der Waals surface area contributed by atoms with Gasteiger partial charge in [0.05, 0.1) is 17.7 Å². The van der Waals surface area contributed by atoms with E-state index in [0.29, 0.717) is 21.7 Å². The Morgan fingerprint density at radius 3 is 2.04 bits per heavy atom. The number of nitrogens with one attached hydrogen (secondary N) is 1. The summed E-state index contributed by atoms with van der Waals surface area (Å²) in [5.74, 6) is -0.584. The van der Waals surface area contributed by atoms with Gasteiger partial charge in [-0.1, -0.05) is 25.4 Å². The molecule has 122 valence electrons. The Balaban J connectivity index is 2.18. The maximum absolute atomic E-state index is 12.7. The molecule has 0 saturated carbocycles. The molecule has 0 fully saturated rings. The second kappa shape index (κ2) is 7.76. The lowest BCUT2D eigenvalue weighted by atomic mass is 9.94. The van der Waals surface area contributed by atoms with Crippen LogP contribution in [0, 0.1) is 17.2 Å². The second-order valence-corrected chi connectivity index (χ2v) is 6.19. The number of amides is 1. The van der Waals surface area contributed by atoms with Crippen LogP contribution in [0.4, 0.5) is 0 Å². The average molecular weight is 341 g/mol. The standard InChI is InChI=1S/C19H17ClN2O2/c1-12(2)17(18(23)14-7-9-16(20)10-8-14)22-19(24)15-5-3-13(11-21)4-6-15/h3-10,12,17H,1-2H3,(H,22,24). The quantitative estimate of drug-likeness (QED) is 0.840. The monoisotopic (exact) mass is 340 g/mol. The predicted octanol–water partition coefficient (Wildman–Crippen LogP) is 3.85. The number of nitriles is 1. The van der Waals surface area contributed by atoms with Crippen molar-refractivity contribution in [1.82, 2.24) is 5.32 Å². The summed E-state index contributed by atoms with van der Waals surface area (Å²) in [4.78, 5) is 25.0. The van der Waals surface area contributed by atoms with Crippen LogP contribution in [0.1, 0.15) is 40.1 Å². The molecule has 0 aromatic heterocycles. The summed E-state index contributed by atoms with van der Waals surface area (Å²) in [5.41, 5.74) is 1.38. The molecule has 0 aliphatic carbocycles. The number of hydrogen-bond donors (Lipinski definition) is 1. The molecule has 0 heterocycles. The molecule has 1 atom stereocenters. The minimum atomic E-state index is -0.644. The third-order valence-corrected chi connectivity index (χ3v) is 3.89. The third kappa shape index (κ3) is 4.21. The number of Topliss-reactive ketones (excluding diaryl/α,β-unsaturated/α-hetero) is 1. The van der Waals surface area contributed by atoms with E-state index in [0.717, 1.165) is 0 Å². The summed E-state index contributed by atoms with van der Waals surface area (Å²) in [5, 5.41) is 12.1. The fourth-order valence-corrected chi connectivity index (χ4v) is 2.38. The zero-order chi connectivity index (χ0) is 17.7. The molecule has 2 aromatic rings. The molecule has 4 nitrogen and oxygen atoms in total. The molecule has 2 rings (SSSR count). The van der Waals surface area contributed by atoms with Crippen LogP contribution in [0.5, 0.6) is 0 Å². The topological polar surface area (TPSA) is 70.0 Å². The first-order valence-corrected chi connectivity index (χ1v) is 7.91. The Hall–Kier alpha value is -2.64. The van der Waals surface area contributed by atoms with E-state index < -0.39 is 6.04 Å². The van der Waals surface area contributed by atoms with Gasteiger partial charge in [0.2, 0.25) is 0 Å². The minimum Gasteiger partial charge on any atom is -0.342 e. The van der Waals surface area contributed by atoms with Crippen molar-refractivity contribution in [2.75, 3.05) is 0 Å². The first kappa shape index (κ1) is 17.7. The zero-order valence-corrected chi connectivity index (χ0v) is 14.2. The molecule has 1 amide bonds. The number of hydrogen-bond acceptors (Lipinski definition) is 3. The Kier molecular flexibility index (Phi) is 5.73. The fourth-order valence-electron chi connectivity index (χ4n) is 2.25. The van der Waals surface area contributed by atoms with Gasteiger partial charge >= 0.3 is 0 Å². The SMILES string of the molecule is CC(C)C(NC(=O)c1ccc(C#N)cc1)C(=O)c1ccc(Cl)cc1. The number of halogens is 1. The van der Waals surface area contributed by atoms with Crippen molar-refractivity contribution in [3.63, 3.8) is 0 Å². The summed E-state index contributed by atoms with van der Waals surface area (Å²) in [6, 6.07) is 14.2. The van der Waals surface area contributed by atoms with E-state index >= 15 is 0 Å². The number of rotatable bonds is 5. The summed E-state index contributed by atoms with van der Waals surface area (Å²) in [6.07, 6.45) is 0. The second-order valence-electron chi connectivity index (χ2n) is 5.76. The molecular formula is C19H17ClN2O2. The molecule has 24 heavy (non-hydrogen) atoms. The Morgan fingerprint density at radius 1 is 1.00 bits per heavy atom. The van der Waals surface area contributed by atoms with Gasteiger partial charge in [0.15, 0.2) is 5.78 Å². The highest BCUT2D eigenvalue weighted by Crippen LogP contribution is 2.15. The van der Waals surface area contributed by atoms with Gasteiger partial charge in [-0.15, -0.1) is 0 Å². The van der Waals surface area contributed by atoms with E-state index in [1.165, 1.54) is 0 Å². The van der Waals surface area contributed by atoms with Crippen LogP contribution < -0.4 is 5.32 Å². The number of carbonyl (C=O) groups excluding carboxylic acids is 2. The van der Waals surface area contributed by atoms with Gasteiger partial charge < -0.3 is 5.32 Å². The third-order valence-electron chi connectivity index (χ3n) is 3.64. The minimum absolute atomic E-state index is 0.0736. The van der Waals surface area contributed by atoms with Gasteiger partial charge in [-0.3, -0.25) is 9.59 Å². The van der Waals surface area contributed by atoms with Gasteiger partial charge in [-0.05, 0) is 54.4 Å². The molecule has 0 spiro atoms. The summed E-state index contributed by atoms with van der Waals surface area (Å²) >= 11 is 5.84. The molecule has 0 aliphatic heterocycles. The van der Waals surface area contributed by atoms with Gasteiger partial charge in [0.1, 0.15) is 0 Å². The molecule has 0 bridgehead atoms. The van der Waals surface area contributed by atoms with E-state index in [4.69, 9.17) is 16.9 Å². The van der Waals surface area contributed by atoms with Crippen LogP contribution in [0.3, 0.4) is 0 Å². The van der Waals surface area contributed by atoms with Crippen LogP contribution in [0.2, 0.25) is 5.02 Å². The average Bonchev–Trinajstić information content (AvgIpc) is 2.59. The van der Waals surface area contributed by atoms with Crippen molar-refractivity contribution in [2.45, 2.75) is 19.9 Å². The highest BCUT2D eigenvalue weighted by atomic mass is 35.5. The first-order valence-electron chi connectivity index (χ1n) is 7.53.